The van der Waals surface area contributed by atoms with Crippen molar-refractivity contribution >= 4 is 91.7 Å². The molecule has 0 N–H and O–H groups in total. The minimum absolute atomic E-state index is 1.12. The van der Waals surface area contributed by atoms with E-state index >= 15 is 0 Å². The molecule has 1 heterocycles. The highest BCUT2D eigenvalue weighted by atomic mass is 32.1. The lowest BCUT2D eigenvalue weighted by molar-refractivity contribution is 1.29. The van der Waals surface area contributed by atoms with E-state index in [9.17, 15) is 0 Å². The Morgan fingerprint density at radius 1 is 0.296 bits per heavy atom. The van der Waals surface area contributed by atoms with E-state index in [0.29, 0.717) is 0 Å². The molecule has 1 aromatic heterocycles. The molecule has 2 heteroatoms. The molecule has 0 bridgehead atoms. The van der Waals surface area contributed by atoms with Gasteiger partial charge in [0.05, 0.1) is 0 Å². The Morgan fingerprint density at radius 3 is 1.61 bits per heavy atom. The van der Waals surface area contributed by atoms with Gasteiger partial charge in [-0.15, -0.1) is 11.3 Å². The number of nitrogens with zero attached hydrogens (tertiary/aromatic N) is 1. The molecule has 1 nitrogen and oxygen atoms in total. The largest absolute Gasteiger partial charge is 0.310 e. The quantitative estimate of drug-likeness (QED) is 0.161. The Labute approximate surface area is 317 Å². The molecule has 0 atom stereocenters. The molecule has 0 aliphatic rings. The van der Waals surface area contributed by atoms with Crippen molar-refractivity contribution in [2.24, 2.45) is 0 Å². The number of fused-ring (bicyclic) bond motifs is 9. The molecule has 0 spiro atoms. The molecule has 0 saturated heterocycles. The first-order valence-electron chi connectivity index (χ1n) is 18.5. The Kier molecular flexibility index (Phi) is 7.11. The third-order valence-electron chi connectivity index (χ3n) is 11.0. The van der Waals surface area contributed by atoms with Crippen molar-refractivity contribution in [2.75, 3.05) is 4.90 Å². The Hall–Kier alpha value is -6.74. The molecule has 0 unspecified atom stereocenters. The number of hydrogen-bond donors (Lipinski definition) is 0. The molecule has 0 saturated carbocycles. The summed E-state index contributed by atoms with van der Waals surface area (Å²) in [5.74, 6) is 0. The highest BCUT2D eigenvalue weighted by molar-refractivity contribution is 7.25. The van der Waals surface area contributed by atoms with Gasteiger partial charge in [0.15, 0.2) is 0 Å². The van der Waals surface area contributed by atoms with Crippen LogP contribution in [0.3, 0.4) is 0 Å². The number of thiophene rings is 1. The minimum Gasteiger partial charge on any atom is -0.310 e. The van der Waals surface area contributed by atoms with E-state index in [0.717, 1.165) is 17.1 Å². The number of hydrogen-bond acceptors (Lipinski definition) is 2. The normalized spacial score (nSPS) is 11.7. The molecule has 11 rings (SSSR count). The van der Waals surface area contributed by atoms with Crippen LogP contribution in [0.4, 0.5) is 17.1 Å². The van der Waals surface area contributed by atoms with Gasteiger partial charge < -0.3 is 4.90 Å². The first-order chi connectivity index (χ1) is 26.8. The van der Waals surface area contributed by atoms with Gasteiger partial charge in [0.2, 0.25) is 0 Å². The van der Waals surface area contributed by atoms with Crippen molar-refractivity contribution in [3.63, 3.8) is 0 Å². The van der Waals surface area contributed by atoms with Gasteiger partial charge in [-0.25, -0.2) is 0 Å². The van der Waals surface area contributed by atoms with Crippen LogP contribution in [0.25, 0.3) is 85.5 Å². The summed E-state index contributed by atoms with van der Waals surface area (Å²) < 4.78 is 2.62. The summed E-state index contributed by atoms with van der Waals surface area (Å²) in [6, 6.07) is 73.5. The zero-order valence-corrected chi connectivity index (χ0v) is 30.2. The molecule has 0 radical (unpaired) electrons. The van der Waals surface area contributed by atoms with E-state index < -0.39 is 0 Å². The maximum atomic E-state index is 2.40. The van der Waals surface area contributed by atoms with E-state index in [-0.39, 0.29) is 0 Å². The van der Waals surface area contributed by atoms with Crippen LogP contribution in [0.1, 0.15) is 0 Å². The van der Waals surface area contributed by atoms with Crippen molar-refractivity contribution in [3.05, 3.63) is 200 Å². The highest BCUT2D eigenvalue weighted by Crippen LogP contribution is 2.43. The van der Waals surface area contributed by atoms with Gasteiger partial charge in [0.25, 0.3) is 0 Å². The fourth-order valence-corrected chi connectivity index (χ4v) is 9.56. The lowest BCUT2D eigenvalue weighted by Crippen LogP contribution is -2.09. The summed E-state index contributed by atoms with van der Waals surface area (Å²) in [5.41, 5.74) is 8.28. The minimum atomic E-state index is 1.12. The van der Waals surface area contributed by atoms with Crippen molar-refractivity contribution in [3.8, 4) is 22.3 Å². The van der Waals surface area contributed by atoms with E-state index in [1.807, 2.05) is 11.3 Å². The third-order valence-corrected chi connectivity index (χ3v) is 12.2. The molecule has 0 amide bonds. The molecule has 10 aromatic carbocycles. The fraction of sp³-hybridized carbons (Fsp3) is 0. The second-order valence-corrected chi connectivity index (χ2v) is 15.2. The summed E-state index contributed by atoms with van der Waals surface area (Å²) in [6.45, 7) is 0. The molecule has 11 aromatic rings. The van der Waals surface area contributed by atoms with Crippen molar-refractivity contribution < 1.29 is 0 Å². The summed E-state index contributed by atoms with van der Waals surface area (Å²) in [7, 11) is 0. The maximum absolute atomic E-state index is 2.40. The zero-order chi connectivity index (χ0) is 35.6. The van der Waals surface area contributed by atoms with Crippen molar-refractivity contribution in [2.45, 2.75) is 0 Å². The number of anilines is 3. The molecular formula is C52H33NS. The van der Waals surface area contributed by atoms with Crippen LogP contribution in [0.15, 0.2) is 200 Å². The van der Waals surface area contributed by atoms with Crippen molar-refractivity contribution in [1.29, 1.82) is 0 Å². The molecule has 0 fully saturated rings. The predicted molar refractivity (Wildman–Crippen MR) is 235 cm³/mol. The number of benzene rings is 10. The SMILES string of the molecule is c1ccc2c(-c3ccc(N(c4ccc(-c5cccc6ccc7c8ccccc8ccc7c56)cc4)c4ccc5sc6ccccc6c5c4)cc3)cccc2c1. The Bertz CT molecular complexity index is 3200. The van der Waals surface area contributed by atoms with Gasteiger partial charge in [0, 0.05) is 37.2 Å². The second kappa shape index (κ2) is 12.4. The standard InChI is InChI=1S/C52H33NS/c1-3-13-42-34(9-1)11-7-16-43(42)36-19-25-39(26-20-36)53(41-29-32-51-49(33-41)47-15-5-6-18-50(47)54-51)40-27-21-37(22-28-40)45-17-8-12-38-24-30-46-44-14-4-2-10-35(44)23-31-48(46)52(38)45/h1-33H. The summed E-state index contributed by atoms with van der Waals surface area (Å²) >= 11 is 1.86. The summed E-state index contributed by atoms with van der Waals surface area (Å²) in [5, 5.41) is 12.8. The van der Waals surface area contributed by atoms with Crippen molar-refractivity contribution in [1.82, 2.24) is 0 Å². The van der Waals surface area contributed by atoms with Crippen LogP contribution in [0.5, 0.6) is 0 Å². The van der Waals surface area contributed by atoms with Crippen LogP contribution in [0, 0.1) is 0 Å². The van der Waals surface area contributed by atoms with Gasteiger partial charge in [-0.05, 0) is 114 Å². The van der Waals surface area contributed by atoms with E-state index in [2.05, 4.69) is 205 Å². The fourth-order valence-electron chi connectivity index (χ4n) is 8.47. The van der Waals surface area contributed by atoms with E-state index in [1.165, 1.54) is 85.5 Å². The monoisotopic (exact) mass is 703 g/mol. The highest BCUT2D eigenvalue weighted by Gasteiger charge is 2.17. The van der Waals surface area contributed by atoms with Crippen LogP contribution in [-0.2, 0) is 0 Å². The van der Waals surface area contributed by atoms with Crippen LogP contribution >= 0.6 is 11.3 Å². The van der Waals surface area contributed by atoms with Gasteiger partial charge in [0.1, 0.15) is 0 Å². The molecular weight excluding hydrogens is 671 g/mol. The third kappa shape index (κ3) is 4.99. The van der Waals surface area contributed by atoms with E-state index in [4.69, 9.17) is 0 Å². The smallest absolute Gasteiger partial charge is 0.0468 e. The van der Waals surface area contributed by atoms with Gasteiger partial charge >= 0.3 is 0 Å². The first kappa shape index (κ1) is 30.8. The van der Waals surface area contributed by atoms with Crippen LogP contribution in [-0.4, -0.2) is 0 Å². The topological polar surface area (TPSA) is 3.24 Å². The molecule has 54 heavy (non-hydrogen) atoms. The summed E-state index contributed by atoms with van der Waals surface area (Å²) in [6.07, 6.45) is 0. The molecule has 0 aliphatic heterocycles. The lowest BCUT2D eigenvalue weighted by Gasteiger charge is -2.26. The summed E-state index contributed by atoms with van der Waals surface area (Å²) in [4.78, 5) is 2.40. The molecule has 252 valence electrons. The average molecular weight is 704 g/mol. The predicted octanol–water partition coefficient (Wildman–Crippen LogP) is 15.5. The zero-order valence-electron chi connectivity index (χ0n) is 29.4. The second-order valence-electron chi connectivity index (χ2n) is 14.1. The number of rotatable bonds is 5. The maximum Gasteiger partial charge on any atom is 0.0468 e. The molecule has 0 aliphatic carbocycles. The Morgan fingerprint density at radius 2 is 0.833 bits per heavy atom. The van der Waals surface area contributed by atoms with Gasteiger partial charge in [-0.1, -0.05) is 152 Å². The van der Waals surface area contributed by atoms with Crippen LogP contribution in [0.2, 0.25) is 0 Å². The first-order valence-corrected chi connectivity index (χ1v) is 19.3. The van der Waals surface area contributed by atoms with E-state index in [1.54, 1.807) is 0 Å². The average Bonchev–Trinajstić information content (AvgIpc) is 3.62. The lowest BCUT2D eigenvalue weighted by atomic mass is 9.91. The van der Waals surface area contributed by atoms with Gasteiger partial charge in [-0.2, -0.15) is 0 Å². The Balaban J connectivity index is 1.05. The van der Waals surface area contributed by atoms with Gasteiger partial charge in [-0.3, -0.25) is 0 Å². The van der Waals surface area contributed by atoms with Crippen LogP contribution < -0.4 is 4.90 Å².